The number of hydrogen-bond donors (Lipinski definition) is 3. The lowest BCUT2D eigenvalue weighted by molar-refractivity contribution is 0.0933. The maximum atomic E-state index is 12.8. The van der Waals surface area contributed by atoms with Crippen molar-refractivity contribution in [3.63, 3.8) is 0 Å². The first-order valence-electron chi connectivity index (χ1n) is 9.19. The van der Waals surface area contributed by atoms with Crippen LogP contribution < -0.4 is 11.0 Å². The van der Waals surface area contributed by atoms with Crippen molar-refractivity contribution >= 4 is 16.9 Å². The molecule has 7 heteroatoms. The molecule has 3 N–H and O–H groups in total. The first-order valence-corrected chi connectivity index (χ1v) is 9.19. The number of hydrogen-bond acceptors (Lipinski definition) is 3. The van der Waals surface area contributed by atoms with Crippen molar-refractivity contribution in [1.82, 2.24) is 25.1 Å². The molecule has 0 fully saturated rings. The average Bonchev–Trinajstić information content (AvgIpc) is 3.16. The zero-order chi connectivity index (χ0) is 19.9. The molecule has 0 saturated carbocycles. The number of aromatic amines is 2. The van der Waals surface area contributed by atoms with Crippen LogP contribution in [0.4, 0.5) is 0 Å². The molecule has 1 aromatic carbocycles. The summed E-state index contributed by atoms with van der Waals surface area (Å²) in [6.07, 6.45) is 0. The summed E-state index contributed by atoms with van der Waals surface area (Å²) in [6, 6.07) is 7.24. The number of carbonyl (C=O) groups is 1. The standard InChI is InChI=1S/C20H27N5O2/c1-11(2)17-10-16(24-25(17)20(4,5)6)18(26)21-12(3)13-7-8-14-15(9-13)23-19(27)22-14/h7-12H,1-6H3,(H,21,26)(H2,22,23,27). The minimum absolute atomic E-state index is 0.199. The fraction of sp³-hybridized carbons (Fsp3) is 0.450. The van der Waals surface area contributed by atoms with Gasteiger partial charge in [-0.2, -0.15) is 5.10 Å². The number of nitrogens with zero attached hydrogens (tertiary/aromatic N) is 2. The van der Waals surface area contributed by atoms with Crippen LogP contribution in [-0.2, 0) is 5.54 Å². The van der Waals surface area contributed by atoms with Gasteiger partial charge in [0.1, 0.15) is 5.69 Å². The second-order valence-corrected chi connectivity index (χ2v) is 8.27. The van der Waals surface area contributed by atoms with Crippen molar-refractivity contribution in [2.24, 2.45) is 0 Å². The first kappa shape index (κ1) is 18.9. The van der Waals surface area contributed by atoms with Gasteiger partial charge in [0.2, 0.25) is 0 Å². The van der Waals surface area contributed by atoms with Gasteiger partial charge < -0.3 is 15.3 Å². The molecule has 2 aromatic heterocycles. The number of rotatable bonds is 4. The third-order valence-corrected chi connectivity index (χ3v) is 4.58. The summed E-state index contributed by atoms with van der Waals surface area (Å²) in [5.74, 6) is 0.0542. The van der Waals surface area contributed by atoms with Crippen LogP contribution in [0.3, 0.4) is 0 Å². The number of fused-ring (bicyclic) bond motifs is 1. The third-order valence-electron chi connectivity index (χ3n) is 4.58. The molecule has 0 saturated heterocycles. The summed E-state index contributed by atoms with van der Waals surface area (Å²) in [4.78, 5) is 29.6. The molecule has 0 radical (unpaired) electrons. The Labute approximate surface area is 158 Å². The fourth-order valence-electron chi connectivity index (χ4n) is 3.13. The van der Waals surface area contributed by atoms with E-state index < -0.39 is 0 Å². The topological polar surface area (TPSA) is 95.6 Å². The molecule has 0 aliphatic heterocycles. The van der Waals surface area contributed by atoms with E-state index in [1.165, 1.54) is 0 Å². The monoisotopic (exact) mass is 369 g/mol. The molecular weight excluding hydrogens is 342 g/mol. The fourth-order valence-corrected chi connectivity index (χ4v) is 3.13. The van der Waals surface area contributed by atoms with Crippen LogP contribution >= 0.6 is 0 Å². The van der Waals surface area contributed by atoms with Crippen LogP contribution in [0, 0.1) is 0 Å². The van der Waals surface area contributed by atoms with Gasteiger partial charge >= 0.3 is 5.69 Å². The molecule has 0 aliphatic rings. The number of imidazole rings is 1. The predicted octanol–water partition coefficient (Wildman–Crippen LogP) is 3.42. The first-order chi connectivity index (χ1) is 12.6. The maximum absolute atomic E-state index is 12.8. The quantitative estimate of drug-likeness (QED) is 0.657. The van der Waals surface area contributed by atoms with E-state index in [1.807, 2.05) is 35.9 Å². The molecule has 3 aromatic rings. The molecule has 27 heavy (non-hydrogen) atoms. The van der Waals surface area contributed by atoms with Crippen molar-refractivity contribution in [2.75, 3.05) is 0 Å². The van der Waals surface area contributed by atoms with Gasteiger partial charge in [-0.05, 0) is 57.4 Å². The second-order valence-electron chi connectivity index (χ2n) is 8.27. The molecular formula is C20H27N5O2. The summed E-state index contributed by atoms with van der Waals surface area (Å²) in [6.45, 7) is 12.3. The van der Waals surface area contributed by atoms with Gasteiger partial charge in [-0.3, -0.25) is 9.48 Å². The Balaban J connectivity index is 1.84. The Bertz CT molecular complexity index is 1030. The number of benzene rings is 1. The number of aromatic nitrogens is 4. The van der Waals surface area contributed by atoms with Crippen molar-refractivity contribution < 1.29 is 4.79 Å². The van der Waals surface area contributed by atoms with E-state index in [0.717, 1.165) is 22.3 Å². The van der Waals surface area contributed by atoms with E-state index in [2.05, 4.69) is 55.0 Å². The zero-order valence-electron chi connectivity index (χ0n) is 16.7. The Morgan fingerprint density at radius 1 is 1.11 bits per heavy atom. The van der Waals surface area contributed by atoms with E-state index in [1.54, 1.807) is 0 Å². The van der Waals surface area contributed by atoms with E-state index in [9.17, 15) is 9.59 Å². The SMILES string of the molecule is CC(C)c1cc(C(=O)NC(C)c2ccc3[nH]c(=O)[nH]c3c2)nn1C(C)(C)C. The molecule has 3 rings (SSSR count). The molecule has 1 amide bonds. The minimum Gasteiger partial charge on any atom is -0.344 e. The summed E-state index contributed by atoms with van der Waals surface area (Å²) in [7, 11) is 0. The van der Waals surface area contributed by atoms with Gasteiger partial charge in [-0.25, -0.2) is 4.79 Å². The normalized spacial score (nSPS) is 13.3. The van der Waals surface area contributed by atoms with E-state index >= 15 is 0 Å². The molecule has 1 atom stereocenters. The highest BCUT2D eigenvalue weighted by Crippen LogP contribution is 2.24. The van der Waals surface area contributed by atoms with Gasteiger partial charge in [-0.1, -0.05) is 19.9 Å². The van der Waals surface area contributed by atoms with Gasteiger partial charge in [0.25, 0.3) is 5.91 Å². The number of H-pyrrole nitrogens is 2. The van der Waals surface area contributed by atoms with Gasteiger partial charge in [0.15, 0.2) is 0 Å². The van der Waals surface area contributed by atoms with Crippen molar-refractivity contribution in [3.05, 3.63) is 51.7 Å². The highest BCUT2D eigenvalue weighted by atomic mass is 16.2. The summed E-state index contributed by atoms with van der Waals surface area (Å²) >= 11 is 0. The molecule has 0 bridgehead atoms. The van der Waals surface area contributed by atoms with E-state index in [-0.39, 0.29) is 29.1 Å². The van der Waals surface area contributed by atoms with Crippen LogP contribution in [0.5, 0.6) is 0 Å². The lowest BCUT2D eigenvalue weighted by atomic mass is 10.1. The Kier molecular flexibility index (Phi) is 4.71. The number of nitrogens with one attached hydrogen (secondary N) is 3. The van der Waals surface area contributed by atoms with Crippen molar-refractivity contribution in [3.8, 4) is 0 Å². The lowest BCUT2D eigenvalue weighted by Gasteiger charge is -2.23. The van der Waals surface area contributed by atoms with Crippen LogP contribution in [-0.4, -0.2) is 25.7 Å². The molecule has 7 nitrogen and oxygen atoms in total. The van der Waals surface area contributed by atoms with Crippen molar-refractivity contribution in [1.29, 1.82) is 0 Å². The number of carbonyl (C=O) groups excluding carboxylic acids is 1. The second kappa shape index (κ2) is 6.72. The molecule has 144 valence electrons. The smallest absolute Gasteiger partial charge is 0.323 e. The lowest BCUT2D eigenvalue weighted by Crippen LogP contribution is -2.29. The van der Waals surface area contributed by atoms with E-state index in [0.29, 0.717) is 5.69 Å². The predicted molar refractivity (Wildman–Crippen MR) is 106 cm³/mol. The highest BCUT2D eigenvalue weighted by Gasteiger charge is 2.24. The summed E-state index contributed by atoms with van der Waals surface area (Å²) in [5.41, 5.74) is 3.38. The van der Waals surface area contributed by atoms with Crippen LogP contribution in [0.2, 0.25) is 0 Å². The third kappa shape index (κ3) is 3.82. The average molecular weight is 369 g/mol. The molecule has 0 aliphatic carbocycles. The van der Waals surface area contributed by atoms with Gasteiger partial charge in [0, 0.05) is 5.69 Å². The Morgan fingerprint density at radius 3 is 2.37 bits per heavy atom. The largest absolute Gasteiger partial charge is 0.344 e. The van der Waals surface area contributed by atoms with Crippen LogP contribution in [0.25, 0.3) is 11.0 Å². The van der Waals surface area contributed by atoms with Gasteiger partial charge in [0.05, 0.1) is 22.6 Å². The zero-order valence-corrected chi connectivity index (χ0v) is 16.7. The van der Waals surface area contributed by atoms with Crippen LogP contribution in [0.1, 0.15) is 75.2 Å². The van der Waals surface area contributed by atoms with Crippen molar-refractivity contribution in [2.45, 2.75) is 59.0 Å². The van der Waals surface area contributed by atoms with Crippen LogP contribution in [0.15, 0.2) is 29.1 Å². The number of amides is 1. The minimum atomic E-state index is -0.243. The summed E-state index contributed by atoms with van der Waals surface area (Å²) < 4.78 is 1.92. The molecule has 1 unspecified atom stereocenters. The molecule has 2 heterocycles. The summed E-state index contributed by atoms with van der Waals surface area (Å²) in [5, 5.41) is 7.55. The maximum Gasteiger partial charge on any atom is 0.323 e. The van der Waals surface area contributed by atoms with Gasteiger partial charge in [-0.15, -0.1) is 0 Å². The highest BCUT2D eigenvalue weighted by molar-refractivity contribution is 5.92. The Morgan fingerprint density at radius 2 is 1.78 bits per heavy atom. The van der Waals surface area contributed by atoms with E-state index in [4.69, 9.17) is 0 Å². The molecule has 0 spiro atoms. The Hall–Kier alpha value is -2.83.